The second-order valence-electron chi connectivity index (χ2n) is 2.60. The number of benzene rings is 1. The molecule has 0 radical (unpaired) electrons. The third-order valence-corrected chi connectivity index (χ3v) is 4.78. The van der Waals surface area contributed by atoms with Crippen molar-refractivity contribution in [3.8, 4) is 0 Å². The van der Waals surface area contributed by atoms with Crippen LogP contribution in [-0.2, 0) is 8.53 Å². The summed E-state index contributed by atoms with van der Waals surface area (Å²) in [4.78, 5) is 10.7. The van der Waals surface area contributed by atoms with Gasteiger partial charge in [0.05, 0.1) is 0 Å². The minimum atomic E-state index is -4.52. The number of carbonyl (C=O) groups excluding carboxylic acids is 1. The van der Waals surface area contributed by atoms with Crippen LogP contribution in [0.1, 0.15) is 0 Å². The van der Waals surface area contributed by atoms with E-state index in [0.717, 1.165) is 0 Å². The van der Waals surface area contributed by atoms with Gasteiger partial charge in [-0.2, -0.15) is 0 Å². The second-order valence-corrected chi connectivity index (χ2v) is 6.57. The van der Waals surface area contributed by atoms with Crippen LogP contribution in [0.5, 0.6) is 0 Å². The average Bonchev–Trinajstić information content (AvgIpc) is 2.18. The van der Waals surface area contributed by atoms with E-state index in [4.69, 9.17) is 5.11 Å². The van der Waals surface area contributed by atoms with Crippen LogP contribution < -0.4 is 8.58 Å². The topological polar surface area (TPSA) is 86.6 Å². The molecule has 1 aromatic rings. The Bertz CT molecular complexity index is 365. The van der Waals surface area contributed by atoms with E-state index in [1.54, 1.807) is 18.2 Å². The number of nitrogens with one attached hydrogen (secondary N) is 1. The summed E-state index contributed by atoms with van der Waals surface area (Å²) < 4.78 is 23.1. The Morgan fingerprint density at radius 3 is 2.43 bits per heavy atom. The molecule has 0 spiro atoms. The van der Waals surface area contributed by atoms with E-state index in [2.05, 4.69) is 0 Å². The maximum absolute atomic E-state index is 11.6. The van der Waals surface area contributed by atoms with Gasteiger partial charge in [0.25, 0.3) is 0 Å². The van der Waals surface area contributed by atoms with Gasteiger partial charge in [0.1, 0.15) is 0 Å². The maximum atomic E-state index is 11.6. The van der Waals surface area contributed by atoms with Crippen molar-refractivity contribution < 1.29 is 17.7 Å². The van der Waals surface area contributed by atoms with Gasteiger partial charge in [0.15, 0.2) is 0 Å². The van der Waals surface area contributed by atoms with E-state index in [9.17, 15) is 12.6 Å². The van der Waals surface area contributed by atoms with E-state index in [-0.39, 0.29) is 4.35 Å². The minimum absolute atomic E-state index is 0.187. The Labute approximate surface area is 83.6 Å². The van der Waals surface area contributed by atoms with E-state index in [1.165, 1.54) is 12.1 Å². The first kappa shape index (κ1) is 11.0. The van der Waals surface area contributed by atoms with E-state index >= 15 is 0 Å². The number of aliphatic hydroxyl groups is 1. The summed E-state index contributed by atoms with van der Waals surface area (Å²) >= 11 is -4.52. The van der Waals surface area contributed by atoms with Crippen LogP contribution in [0, 0.1) is 0 Å². The Kier molecular flexibility index (Phi) is 3.52. The zero-order valence-corrected chi connectivity index (χ0v) is 9.13. The molecule has 0 saturated heterocycles. The standard InChI is InChI=1S/C8H10AsNO4/c11-6-8(12)10-9(13,14)7-4-2-1-3-5-7/h1-5,11H,6H2,(H2,10,12,13,14). The molecule has 14 heavy (non-hydrogen) atoms. The van der Waals surface area contributed by atoms with Gasteiger partial charge in [-0.25, -0.2) is 0 Å². The molecule has 0 fully saturated rings. The molecule has 1 atom stereocenters. The SMILES string of the molecule is O=C(CO)N[As](=O)(O)c1ccccc1. The first-order valence-corrected chi connectivity index (χ1v) is 7.35. The first-order chi connectivity index (χ1) is 6.56. The molecule has 1 rings (SSSR count). The summed E-state index contributed by atoms with van der Waals surface area (Å²) in [7, 11) is 0. The van der Waals surface area contributed by atoms with Crippen LogP contribution in [0.2, 0.25) is 0 Å². The molecular formula is C8H10AsNO4. The molecule has 3 N–H and O–H groups in total. The van der Waals surface area contributed by atoms with Crippen LogP contribution >= 0.6 is 0 Å². The number of hydrogen-bond donors (Lipinski definition) is 3. The molecule has 1 aromatic carbocycles. The summed E-state index contributed by atoms with van der Waals surface area (Å²) in [6, 6.07) is 7.82. The van der Waals surface area contributed by atoms with Crippen LogP contribution in [-0.4, -0.2) is 35.8 Å². The van der Waals surface area contributed by atoms with E-state index in [0.29, 0.717) is 0 Å². The van der Waals surface area contributed by atoms with Crippen molar-refractivity contribution >= 4 is 24.3 Å². The predicted octanol–water partition coefficient (Wildman–Crippen LogP) is -1.64. The number of rotatable bonds is 3. The monoisotopic (exact) mass is 259 g/mol. The normalized spacial score (nSPS) is 14.4. The second kappa shape index (κ2) is 4.46. The van der Waals surface area contributed by atoms with Crippen LogP contribution in [0.4, 0.5) is 0 Å². The average molecular weight is 259 g/mol. The third kappa shape index (κ3) is 2.73. The van der Waals surface area contributed by atoms with Crippen molar-refractivity contribution in [2.45, 2.75) is 0 Å². The summed E-state index contributed by atoms with van der Waals surface area (Å²) in [6.07, 6.45) is 0. The quantitative estimate of drug-likeness (QED) is 0.568. The molecular weight excluding hydrogens is 249 g/mol. The molecule has 5 nitrogen and oxygen atoms in total. The van der Waals surface area contributed by atoms with E-state index < -0.39 is 26.6 Å². The van der Waals surface area contributed by atoms with Gasteiger partial charge in [-0.3, -0.25) is 0 Å². The van der Waals surface area contributed by atoms with Gasteiger partial charge in [0, 0.05) is 0 Å². The van der Waals surface area contributed by atoms with Crippen molar-refractivity contribution in [1.29, 1.82) is 0 Å². The van der Waals surface area contributed by atoms with Crippen LogP contribution in [0.3, 0.4) is 0 Å². The predicted molar refractivity (Wildman–Crippen MR) is 50.0 cm³/mol. The van der Waals surface area contributed by atoms with Gasteiger partial charge in [0.2, 0.25) is 0 Å². The molecule has 0 aliphatic heterocycles. The molecule has 76 valence electrons. The Morgan fingerprint density at radius 1 is 1.36 bits per heavy atom. The van der Waals surface area contributed by atoms with Gasteiger partial charge in [-0.05, 0) is 0 Å². The molecule has 0 saturated carbocycles. The molecule has 0 bridgehead atoms. The van der Waals surface area contributed by atoms with Crippen molar-refractivity contribution in [2.75, 3.05) is 6.61 Å². The van der Waals surface area contributed by atoms with E-state index in [1.807, 2.05) is 4.23 Å². The van der Waals surface area contributed by atoms with Crippen molar-refractivity contribution in [3.05, 3.63) is 30.3 Å². The van der Waals surface area contributed by atoms with Crippen molar-refractivity contribution in [2.24, 2.45) is 0 Å². The Balaban J connectivity index is 2.86. The fraction of sp³-hybridized carbons (Fsp3) is 0.125. The summed E-state index contributed by atoms with van der Waals surface area (Å²) in [5.74, 6) is -0.848. The fourth-order valence-corrected chi connectivity index (χ4v) is 3.24. The first-order valence-electron chi connectivity index (χ1n) is 3.86. The number of carbonyl (C=O) groups is 1. The van der Waals surface area contributed by atoms with Gasteiger partial charge in [-0.1, -0.05) is 0 Å². The molecule has 0 aliphatic carbocycles. The summed E-state index contributed by atoms with van der Waals surface area (Å²) in [6.45, 7) is -0.793. The van der Waals surface area contributed by atoms with Gasteiger partial charge < -0.3 is 0 Å². The Hall–Kier alpha value is -1.03. The molecule has 6 heteroatoms. The fourth-order valence-electron chi connectivity index (χ4n) is 0.899. The summed E-state index contributed by atoms with van der Waals surface area (Å²) in [5, 5.41) is 8.41. The zero-order chi connectivity index (χ0) is 10.6. The number of amides is 1. The Morgan fingerprint density at radius 2 is 1.93 bits per heavy atom. The van der Waals surface area contributed by atoms with Gasteiger partial charge >= 0.3 is 83.2 Å². The summed E-state index contributed by atoms with van der Waals surface area (Å²) in [5.41, 5.74) is 0. The molecule has 0 aliphatic rings. The van der Waals surface area contributed by atoms with Crippen molar-refractivity contribution in [1.82, 2.24) is 4.23 Å². The number of hydrogen-bond acceptors (Lipinski definition) is 3. The molecule has 1 unspecified atom stereocenters. The molecule has 0 aromatic heterocycles. The molecule has 0 heterocycles. The third-order valence-electron chi connectivity index (χ3n) is 1.53. The van der Waals surface area contributed by atoms with Crippen LogP contribution in [0.25, 0.3) is 0 Å². The molecule has 1 amide bonds. The van der Waals surface area contributed by atoms with Gasteiger partial charge in [-0.15, -0.1) is 0 Å². The van der Waals surface area contributed by atoms with Crippen LogP contribution in [0.15, 0.2) is 30.3 Å². The van der Waals surface area contributed by atoms with Crippen molar-refractivity contribution in [3.63, 3.8) is 0 Å². The number of aliphatic hydroxyl groups excluding tert-OH is 1. The zero-order valence-electron chi connectivity index (χ0n) is 7.25.